The summed E-state index contributed by atoms with van der Waals surface area (Å²) in [6.07, 6.45) is 0. The zero-order chi connectivity index (χ0) is 14.5. The van der Waals surface area contributed by atoms with Gasteiger partial charge in [-0.1, -0.05) is 22.0 Å². The second kappa shape index (κ2) is 6.43. The number of anilines is 3. The number of carbonyl (C=O) groups excluding carboxylic acids is 1. The molecule has 0 bridgehead atoms. The third-order valence-corrected chi connectivity index (χ3v) is 3.32. The third-order valence-electron chi connectivity index (χ3n) is 2.82. The zero-order valence-corrected chi connectivity index (χ0v) is 12.7. The molecule has 1 amide bonds. The molecule has 0 fully saturated rings. The van der Waals surface area contributed by atoms with Crippen LogP contribution in [-0.4, -0.2) is 19.5 Å². The SMILES string of the molecule is CN(CC(=O)Nc1cccc(Br)c1)c1ccc(N)cc1. The second-order valence-electron chi connectivity index (χ2n) is 4.51. The van der Waals surface area contributed by atoms with Gasteiger partial charge < -0.3 is 16.0 Å². The number of likely N-dealkylation sites (N-methyl/N-ethyl adjacent to an activating group) is 1. The number of nitrogens with zero attached hydrogens (tertiary/aromatic N) is 1. The van der Waals surface area contributed by atoms with Crippen LogP contribution in [0.2, 0.25) is 0 Å². The second-order valence-corrected chi connectivity index (χ2v) is 5.42. The topological polar surface area (TPSA) is 58.4 Å². The molecule has 0 aliphatic heterocycles. The first-order valence-corrected chi connectivity index (χ1v) is 6.96. The maximum Gasteiger partial charge on any atom is 0.243 e. The fourth-order valence-electron chi connectivity index (χ4n) is 1.80. The number of rotatable bonds is 4. The first kappa shape index (κ1) is 14.4. The molecule has 2 rings (SSSR count). The molecular weight excluding hydrogens is 318 g/mol. The highest BCUT2D eigenvalue weighted by molar-refractivity contribution is 9.10. The molecule has 20 heavy (non-hydrogen) atoms. The minimum atomic E-state index is -0.0672. The van der Waals surface area contributed by atoms with E-state index in [0.29, 0.717) is 5.69 Å². The minimum Gasteiger partial charge on any atom is -0.399 e. The number of amides is 1. The Hall–Kier alpha value is -2.01. The highest BCUT2D eigenvalue weighted by Gasteiger charge is 2.07. The van der Waals surface area contributed by atoms with Gasteiger partial charge in [-0.25, -0.2) is 0 Å². The van der Waals surface area contributed by atoms with Crippen molar-refractivity contribution in [1.29, 1.82) is 0 Å². The number of nitrogens with one attached hydrogen (secondary N) is 1. The highest BCUT2D eigenvalue weighted by atomic mass is 79.9. The zero-order valence-electron chi connectivity index (χ0n) is 11.1. The van der Waals surface area contributed by atoms with Gasteiger partial charge in [0.15, 0.2) is 0 Å². The molecule has 0 radical (unpaired) electrons. The highest BCUT2D eigenvalue weighted by Crippen LogP contribution is 2.17. The predicted octanol–water partition coefficient (Wildman–Crippen LogP) is 3.11. The van der Waals surface area contributed by atoms with Gasteiger partial charge in [0.1, 0.15) is 0 Å². The Bertz CT molecular complexity index is 598. The Kier molecular flexibility index (Phi) is 4.63. The van der Waals surface area contributed by atoms with Crippen LogP contribution in [0, 0.1) is 0 Å². The van der Waals surface area contributed by atoms with E-state index in [0.717, 1.165) is 15.8 Å². The van der Waals surface area contributed by atoms with Crippen LogP contribution in [0.25, 0.3) is 0 Å². The number of halogens is 1. The van der Waals surface area contributed by atoms with Gasteiger partial charge in [-0.15, -0.1) is 0 Å². The van der Waals surface area contributed by atoms with Crippen molar-refractivity contribution < 1.29 is 4.79 Å². The van der Waals surface area contributed by atoms with Crippen molar-refractivity contribution in [2.24, 2.45) is 0 Å². The molecule has 104 valence electrons. The molecule has 0 heterocycles. The van der Waals surface area contributed by atoms with E-state index < -0.39 is 0 Å². The van der Waals surface area contributed by atoms with Crippen LogP contribution in [0.3, 0.4) is 0 Å². The molecule has 5 heteroatoms. The van der Waals surface area contributed by atoms with E-state index in [-0.39, 0.29) is 12.5 Å². The van der Waals surface area contributed by atoms with Crippen molar-refractivity contribution >= 4 is 38.9 Å². The van der Waals surface area contributed by atoms with Crippen LogP contribution in [0.1, 0.15) is 0 Å². The lowest BCUT2D eigenvalue weighted by atomic mass is 10.2. The monoisotopic (exact) mass is 333 g/mol. The van der Waals surface area contributed by atoms with Crippen molar-refractivity contribution in [2.45, 2.75) is 0 Å². The molecule has 0 atom stereocenters. The molecular formula is C15H16BrN3O. The summed E-state index contributed by atoms with van der Waals surface area (Å²) in [5.41, 5.74) is 8.07. The number of benzene rings is 2. The van der Waals surface area contributed by atoms with Crippen molar-refractivity contribution in [3.8, 4) is 0 Å². The Morgan fingerprint density at radius 3 is 2.60 bits per heavy atom. The normalized spacial score (nSPS) is 10.1. The molecule has 3 N–H and O–H groups in total. The summed E-state index contributed by atoms with van der Waals surface area (Å²) in [5, 5.41) is 2.86. The minimum absolute atomic E-state index is 0.0672. The van der Waals surface area contributed by atoms with Crippen LogP contribution in [0.5, 0.6) is 0 Å². The molecule has 2 aromatic carbocycles. The molecule has 0 aliphatic carbocycles. The maximum absolute atomic E-state index is 12.0. The standard InChI is InChI=1S/C15H16BrN3O/c1-19(14-7-5-12(17)6-8-14)10-15(20)18-13-4-2-3-11(16)9-13/h2-9H,10,17H2,1H3,(H,18,20). The lowest BCUT2D eigenvalue weighted by Crippen LogP contribution is -2.30. The largest absolute Gasteiger partial charge is 0.399 e. The van der Waals surface area contributed by atoms with E-state index in [4.69, 9.17) is 5.73 Å². The van der Waals surface area contributed by atoms with Crippen molar-refractivity contribution in [2.75, 3.05) is 29.5 Å². The number of nitrogen functional groups attached to an aromatic ring is 1. The van der Waals surface area contributed by atoms with Crippen molar-refractivity contribution in [3.05, 3.63) is 53.0 Å². The Labute approximate surface area is 126 Å². The van der Waals surface area contributed by atoms with Crippen LogP contribution < -0.4 is 16.0 Å². The number of nitrogens with two attached hydrogens (primary N) is 1. The van der Waals surface area contributed by atoms with Crippen molar-refractivity contribution in [3.63, 3.8) is 0 Å². The van der Waals surface area contributed by atoms with Gasteiger partial charge in [-0.3, -0.25) is 4.79 Å². The summed E-state index contributed by atoms with van der Waals surface area (Å²) in [4.78, 5) is 13.8. The lowest BCUT2D eigenvalue weighted by molar-refractivity contribution is -0.114. The van der Waals surface area contributed by atoms with Gasteiger partial charge in [0.05, 0.1) is 6.54 Å². The van der Waals surface area contributed by atoms with Crippen LogP contribution in [0.15, 0.2) is 53.0 Å². The maximum atomic E-state index is 12.0. The smallest absolute Gasteiger partial charge is 0.243 e. The van der Waals surface area contributed by atoms with Gasteiger partial charge in [-0.2, -0.15) is 0 Å². The van der Waals surface area contributed by atoms with Gasteiger partial charge in [0, 0.05) is 28.6 Å². The lowest BCUT2D eigenvalue weighted by Gasteiger charge is -2.19. The molecule has 4 nitrogen and oxygen atoms in total. The number of hydrogen-bond acceptors (Lipinski definition) is 3. The first-order chi connectivity index (χ1) is 9.54. The Morgan fingerprint density at radius 2 is 1.95 bits per heavy atom. The molecule has 0 aliphatic rings. The Morgan fingerprint density at radius 1 is 1.25 bits per heavy atom. The predicted molar refractivity (Wildman–Crippen MR) is 86.9 cm³/mol. The molecule has 0 unspecified atom stereocenters. The van der Waals surface area contributed by atoms with E-state index in [1.807, 2.05) is 60.5 Å². The molecule has 2 aromatic rings. The average Bonchev–Trinajstić information content (AvgIpc) is 2.39. The number of hydrogen-bond donors (Lipinski definition) is 2. The Balaban J connectivity index is 1.95. The van der Waals surface area contributed by atoms with E-state index in [2.05, 4.69) is 21.2 Å². The first-order valence-electron chi connectivity index (χ1n) is 6.17. The summed E-state index contributed by atoms with van der Waals surface area (Å²) in [6, 6.07) is 14.9. The molecule has 0 saturated heterocycles. The third kappa shape index (κ3) is 3.99. The summed E-state index contributed by atoms with van der Waals surface area (Å²) >= 11 is 3.37. The van der Waals surface area contributed by atoms with Gasteiger partial charge >= 0.3 is 0 Å². The van der Waals surface area contributed by atoms with Crippen molar-refractivity contribution in [1.82, 2.24) is 0 Å². The fourth-order valence-corrected chi connectivity index (χ4v) is 2.20. The quantitative estimate of drug-likeness (QED) is 0.845. The van der Waals surface area contributed by atoms with E-state index in [9.17, 15) is 4.79 Å². The van der Waals surface area contributed by atoms with Crippen LogP contribution in [0.4, 0.5) is 17.1 Å². The van der Waals surface area contributed by atoms with E-state index in [1.165, 1.54) is 0 Å². The van der Waals surface area contributed by atoms with Gasteiger partial charge in [0.2, 0.25) is 5.91 Å². The fraction of sp³-hybridized carbons (Fsp3) is 0.133. The van der Waals surface area contributed by atoms with Crippen LogP contribution in [-0.2, 0) is 4.79 Å². The van der Waals surface area contributed by atoms with E-state index >= 15 is 0 Å². The number of carbonyl (C=O) groups is 1. The summed E-state index contributed by atoms with van der Waals surface area (Å²) in [7, 11) is 1.87. The summed E-state index contributed by atoms with van der Waals surface area (Å²) < 4.78 is 0.933. The van der Waals surface area contributed by atoms with Gasteiger partial charge in [-0.05, 0) is 42.5 Å². The average molecular weight is 334 g/mol. The van der Waals surface area contributed by atoms with E-state index in [1.54, 1.807) is 0 Å². The molecule has 0 aromatic heterocycles. The molecule has 0 spiro atoms. The summed E-state index contributed by atoms with van der Waals surface area (Å²) in [5.74, 6) is -0.0672. The van der Waals surface area contributed by atoms with Gasteiger partial charge in [0.25, 0.3) is 0 Å². The molecule has 0 saturated carbocycles. The van der Waals surface area contributed by atoms with Crippen LogP contribution >= 0.6 is 15.9 Å². The summed E-state index contributed by atoms with van der Waals surface area (Å²) in [6.45, 7) is 0.274.